The van der Waals surface area contributed by atoms with Crippen molar-refractivity contribution >= 4 is 5.78 Å². The number of Topliss-reactive ketones (excluding diaryl/α,β-unsaturated/α-hetero) is 1. The second kappa shape index (κ2) is 5.78. The Morgan fingerprint density at radius 3 is 2.63 bits per heavy atom. The Balaban J connectivity index is 2.00. The van der Waals surface area contributed by atoms with E-state index in [-0.39, 0.29) is 18.2 Å². The molecule has 3 nitrogen and oxygen atoms in total. The van der Waals surface area contributed by atoms with E-state index in [2.05, 4.69) is 0 Å². The lowest BCUT2D eigenvalue weighted by Gasteiger charge is -2.05. The summed E-state index contributed by atoms with van der Waals surface area (Å²) in [6.45, 7) is -0.152. The van der Waals surface area contributed by atoms with Crippen LogP contribution in [0.4, 0.5) is 4.39 Å². The monoisotopic (exact) mass is 255 g/mol. The molecule has 0 aliphatic heterocycles. The minimum Gasteiger partial charge on any atom is -0.485 e. The lowest BCUT2D eigenvalue weighted by Crippen LogP contribution is -2.11. The van der Waals surface area contributed by atoms with Crippen molar-refractivity contribution in [2.75, 3.05) is 6.61 Å². The normalized spacial score (nSPS) is 9.68. The minimum absolute atomic E-state index is 0.152. The van der Waals surface area contributed by atoms with Crippen LogP contribution in [0.25, 0.3) is 0 Å². The SMILES string of the molecule is N#Cc1cccc(OCC(=O)c2ccc(F)cc2)c1. The predicted octanol–water partition coefficient (Wildman–Crippen LogP) is 2.96. The fraction of sp³-hybridized carbons (Fsp3) is 0.0667. The first-order chi connectivity index (χ1) is 9.19. The molecule has 0 atom stereocenters. The number of halogens is 1. The van der Waals surface area contributed by atoms with Gasteiger partial charge in [-0.1, -0.05) is 6.07 Å². The molecule has 0 aliphatic rings. The Labute approximate surface area is 109 Å². The molecule has 2 aromatic carbocycles. The maximum absolute atomic E-state index is 12.7. The highest BCUT2D eigenvalue weighted by Crippen LogP contribution is 2.13. The van der Waals surface area contributed by atoms with Crippen molar-refractivity contribution in [3.63, 3.8) is 0 Å². The summed E-state index contributed by atoms with van der Waals surface area (Å²) in [4.78, 5) is 11.8. The van der Waals surface area contributed by atoms with E-state index >= 15 is 0 Å². The van der Waals surface area contributed by atoms with E-state index < -0.39 is 0 Å². The number of carbonyl (C=O) groups excluding carboxylic acids is 1. The lowest BCUT2D eigenvalue weighted by atomic mass is 10.1. The second-order valence-electron chi connectivity index (χ2n) is 3.86. The smallest absolute Gasteiger partial charge is 0.200 e. The van der Waals surface area contributed by atoms with Crippen LogP contribution in [-0.4, -0.2) is 12.4 Å². The van der Waals surface area contributed by atoms with Crippen LogP contribution in [0.15, 0.2) is 48.5 Å². The van der Waals surface area contributed by atoms with Crippen molar-refractivity contribution < 1.29 is 13.9 Å². The third-order valence-corrected chi connectivity index (χ3v) is 2.50. The maximum atomic E-state index is 12.7. The van der Waals surface area contributed by atoms with Gasteiger partial charge >= 0.3 is 0 Å². The van der Waals surface area contributed by atoms with Crippen molar-refractivity contribution in [2.45, 2.75) is 0 Å². The summed E-state index contributed by atoms with van der Waals surface area (Å²) >= 11 is 0. The molecule has 0 unspecified atom stereocenters. The molecular weight excluding hydrogens is 245 g/mol. The van der Waals surface area contributed by atoms with E-state index in [1.54, 1.807) is 24.3 Å². The highest BCUT2D eigenvalue weighted by atomic mass is 19.1. The Bertz CT molecular complexity index is 629. The maximum Gasteiger partial charge on any atom is 0.200 e. The van der Waals surface area contributed by atoms with Crippen LogP contribution in [0.1, 0.15) is 15.9 Å². The van der Waals surface area contributed by atoms with E-state index in [0.29, 0.717) is 16.9 Å². The molecule has 0 heterocycles. The third-order valence-electron chi connectivity index (χ3n) is 2.50. The van der Waals surface area contributed by atoms with Gasteiger partial charge in [-0.2, -0.15) is 5.26 Å². The van der Waals surface area contributed by atoms with E-state index in [0.717, 1.165) is 0 Å². The van der Waals surface area contributed by atoms with Crippen LogP contribution in [-0.2, 0) is 0 Å². The van der Waals surface area contributed by atoms with Gasteiger partial charge in [0.05, 0.1) is 11.6 Å². The molecule has 4 heteroatoms. The van der Waals surface area contributed by atoms with Crippen LogP contribution in [0.2, 0.25) is 0 Å². The van der Waals surface area contributed by atoms with Gasteiger partial charge in [0.2, 0.25) is 0 Å². The van der Waals surface area contributed by atoms with Crippen molar-refractivity contribution in [3.8, 4) is 11.8 Å². The number of rotatable bonds is 4. The lowest BCUT2D eigenvalue weighted by molar-refractivity contribution is 0.0921. The molecule has 0 fully saturated rings. The molecule has 0 radical (unpaired) electrons. The Morgan fingerprint density at radius 2 is 1.95 bits per heavy atom. The van der Waals surface area contributed by atoms with Crippen molar-refractivity contribution in [3.05, 3.63) is 65.5 Å². The molecule has 19 heavy (non-hydrogen) atoms. The van der Waals surface area contributed by atoms with Gasteiger partial charge in [0.25, 0.3) is 0 Å². The van der Waals surface area contributed by atoms with Crippen LogP contribution < -0.4 is 4.74 Å². The summed E-state index contributed by atoms with van der Waals surface area (Å²) in [6, 6.07) is 13.8. The number of ether oxygens (including phenoxy) is 1. The van der Waals surface area contributed by atoms with Gasteiger partial charge in [0.15, 0.2) is 12.4 Å². The van der Waals surface area contributed by atoms with Gasteiger partial charge in [-0.15, -0.1) is 0 Å². The fourth-order valence-corrected chi connectivity index (χ4v) is 1.52. The van der Waals surface area contributed by atoms with Crippen LogP contribution in [0, 0.1) is 17.1 Å². The van der Waals surface area contributed by atoms with Gasteiger partial charge in [-0.3, -0.25) is 4.79 Å². The fourth-order valence-electron chi connectivity index (χ4n) is 1.52. The highest BCUT2D eigenvalue weighted by Gasteiger charge is 2.07. The molecule has 0 saturated carbocycles. The highest BCUT2D eigenvalue weighted by molar-refractivity contribution is 5.97. The number of hydrogen-bond donors (Lipinski definition) is 0. The minimum atomic E-state index is -0.390. The first-order valence-electron chi connectivity index (χ1n) is 5.61. The quantitative estimate of drug-likeness (QED) is 0.789. The van der Waals surface area contributed by atoms with Crippen LogP contribution in [0.3, 0.4) is 0 Å². The van der Waals surface area contributed by atoms with Gasteiger partial charge in [-0.25, -0.2) is 4.39 Å². The Morgan fingerprint density at radius 1 is 1.21 bits per heavy atom. The first-order valence-corrected chi connectivity index (χ1v) is 5.61. The van der Waals surface area contributed by atoms with Crippen LogP contribution in [0.5, 0.6) is 5.75 Å². The number of benzene rings is 2. The second-order valence-corrected chi connectivity index (χ2v) is 3.86. The zero-order valence-electron chi connectivity index (χ0n) is 9.97. The zero-order valence-corrected chi connectivity index (χ0v) is 9.97. The summed E-state index contributed by atoms with van der Waals surface area (Å²) in [5.74, 6) is -0.184. The summed E-state index contributed by atoms with van der Waals surface area (Å²) < 4.78 is 18.0. The van der Waals surface area contributed by atoms with E-state index in [1.807, 2.05) is 6.07 Å². The van der Waals surface area contributed by atoms with Crippen LogP contribution >= 0.6 is 0 Å². The number of carbonyl (C=O) groups is 1. The summed E-state index contributed by atoms with van der Waals surface area (Å²) in [7, 11) is 0. The Kier molecular flexibility index (Phi) is 3.89. The van der Waals surface area contributed by atoms with Gasteiger partial charge < -0.3 is 4.74 Å². The first kappa shape index (κ1) is 12.8. The molecule has 2 rings (SSSR count). The third kappa shape index (κ3) is 3.39. The number of hydrogen-bond acceptors (Lipinski definition) is 3. The van der Waals surface area contributed by atoms with Gasteiger partial charge in [-0.05, 0) is 42.5 Å². The number of ketones is 1. The van der Waals surface area contributed by atoms with Crippen molar-refractivity contribution in [1.82, 2.24) is 0 Å². The van der Waals surface area contributed by atoms with E-state index in [4.69, 9.17) is 10.00 Å². The average molecular weight is 255 g/mol. The molecule has 0 spiro atoms. The standard InChI is InChI=1S/C15H10FNO2/c16-13-6-4-12(5-7-13)15(18)10-19-14-3-1-2-11(8-14)9-17/h1-8H,10H2. The van der Waals surface area contributed by atoms with Gasteiger partial charge in [0.1, 0.15) is 11.6 Å². The van der Waals surface area contributed by atoms with Crippen molar-refractivity contribution in [2.24, 2.45) is 0 Å². The molecule has 0 bridgehead atoms. The molecule has 94 valence electrons. The zero-order chi connectivity index (χ0) is 13.7. The summed E-state index contributed by atoms with van der Waals surface area (Å²) in [6.07, 6.45) is 0. The Hall–Kier alpha value is -2.67. The molecule has 0 N–H and O–H groups in total. The summed E-state index contributed by atoms with van der Waals surface area (Å²) in [5, 5.41) is 8.74. The molecule has 0 amide bonds. The summed E-state index contributed by atoms with van der Waals surface area (Å²) in [5.41, 5.74) is 0.851. The van der Waals surface area contributed by atoms with E-state index in [9.17, 15) is 9.18 Å². The topological polar surface area (TPSA) is 50.1 Å². The van der Waals surface area contributed by atoms with E-state index in [1.165, 1.54) is 24.3 Å². The molecule has 0 aliphatic carbocycles. The molecule has 0 saturated heterocycles. The predicted molar refractivity (Wildman–Crippen MR) is 67.4 cm³/mol. The molecular formula is C15H10FNO2. The van der Waals surface area contributed by atoms with Gasteiger partial charge in [0, 0.05) is 5.56 Å². The number of nitriles is 1. The molecule has 0 aromatic heterocycles. The average Bonchev–Trinajstić information content (AvgIpc) is 2.46. The van der Waals surface area contributed by atoms with Crippen molar-refractivity contribution in [1.29, 1.82) is 5.26 Å². The largest absolute Gasteiger partial charge is 0.485 e. The number of nitrogens with zero attached hydrogens (tertiary/aromatic N) is 1. The molecule has 2 aromatic rings.